The fourth-order valence-electron chi connectivity index (χ4n) is 2.50. The summed E-state index contributed by atoms with van der Waals surface area (Å²) in [6, 6.07) is 14.6. The van der Waals surface area contributed by atoms with E-state index in [9.17, 15) is 9.90 Å². The summed E-state index contributed by atoms with van der Waals surface area (Å²) in [4.78, 5) is 10.7. The van der Waals surface area contributed by atoms with Crippen LogP contribution in [0.25, 0.3) is 0 Å². The van der Waals surface area contributed by atoms with Crippen LogP contribution in [0.2, 0.25) is 0 Å². The Kier molecular flexibility index (Phi) is 9.43. The number of carbonyl (C=O) groups excluding carboxylic acids is 1. The molecule has 0 N–H and O–H groups in total. The molecule has 0 saturated carbocycles. The molecule has 2 aromatic rings. The zero-order valence-corrected chi connectivity index (χ0v) is 17.8. The summed E-state index contributed by atoms with van der Waals surface area (Å²) in [5, 5.41) is 10.7. The molecule has 8 heteroatoms. The number of hydrogen-bond donors (Lipinski definition) is 0. The van der Waals surface area contributed by atoms with Crippen LogP contribution in [0.4, 0.5) is 0 Å². The van der Waals surface area contributed by atoms with Crippen molar-refractivity contribution in [3.05, 3.63) is 48.5 Å². The minimum absolute atomic E-state index is 0. The molecule has 28 heavy (non-hydrogen) atoms. The van der Waals surface area contributed by atoms with Crippen LogP contribution in [0.1, 0.15) is 6.42 Å². The molecule has 7 nitrogen and oxygen atoms in total. The SMILES string of the molecule is O=C([O-])COC1COc2ccccc2OCCCOc2ccccc2OC1.[Na+]. The van der Waals surface area contributed by atoms with Gasteiger partial charge in [0.2, 0.25) is 0 Å². The summed E-state index contributed by atoms with van der Waals surface area (Å²) in [5.41, 5.74) is 0. The number of aliphatic carboxylic acids is 1. The summed E-state index contributed by atoms with van der Waals surface area (Å²) in [6.45, 7) is 0.572. The van der Waals surface area contributed by atoms with Crippen LogP contribution in [0.5, 0.6) is 23.0 Å². The summed E-state index contributed by atoms with van der Waals surface area (Å²) in [6.07, 6.45) is 0.0759. The van der Waals surface area contributed by atoms with Crippen molar-refractivity contribution < 1.29 is 63.1 Å². The topological polar surface area (TPSA) is 86.3 Å². The Balaban J connectivity index is 0.00000280. The molecule has 0 bridgehead atoms. The van der Waals surface area contributed by atoms with Gasteiger partial charge in [-0.3, -0.25) is 0 Å². The van der Waals surface area contributed by atoms with E-state index in [-0.39, 0.29) is 42.8 Å². The van der Waals surface area contributed by atoms with Crippen LogP contribution in [0.3, 0.4) is 0 Å². The van der Waals surface area contributed by atoms with Gasteiger partial charge in [-0.25, -0.2) is 0 Å². The maximum absolute atomic E-state index is 10.7. The van der Waals surface area contributed by atoms with Crippen molar-refractivity contribution in [3.8, 4) is 23.0 Å². The average Bonchev–Trinajstić information content (AvgIpc) is 2.68. The van der Waals surface area contributed by atoms with Crippen molar-refractivity contribution in [2.45, 2.75) is 12.5 Å². The van der Waals surface area contributed by atoms with Gasteiger partial charge in [0.15, 0.2) is 23.0 Å². The number of hydrogen-bond acceptors (Lipinski definition) is 7. The molecule has 144 valence electrons. The van der Waals surface area contributed by atoms with Gasteiger partial charge < -0.3 is 33.6 Å². The molecule has 2 aromatic carbocycles. The van der Waals surface area contributed by atoms with E-state index in [0.29, 0.717) is 42.6 Å². The number of para-hydroxylation sites is 4. The van der Waals surface area contributed by atoms with Crippen molar-refractivity contribution in [1.29, 1.82) is 0 Å². The number of rotatable bonds is 3. The zero-order valence-electron chi connectivity index (χ0n) is 15.8. The van der Waals surface area contributed by atoms with Gasteiger partial charge in [-0.15, -0.1) is 0 Å². The summed E-state index contributed by atoms with van der Waals surface area (Å²) >= 11 is 0. The van der Waals surface area contributed by atoms with E-state index >= 15 is 0 Å². The maximum atomic E-state index is 10.7. The van der Waals surface area contributed by atoms with E-state index in [4.69, 9.17) is 23.7 Å². The third-order valence-electron chi connectivity index (χ3n) is 3.79. The first-order valence-electron chi connectivity index (χ1n) is 8.73. The second-order valence-corrected chi connectivity index (χ2v) is 5.87. The average molecular weight is 396 g/mol. The van der Waals surface area contributed by atoms with Crippen molar-refractivity contribution in [2.24, 2.45) is 0 Å². The first kappa shape index (κ1) is 22.4. The van der Waals surface area contributed by atoms with Crippen LogP contribution >= 0.6 is 0 Å². The third kappa shape index (κ3) is 6.91. The van der Waals surface area contributed by atoms with Crippen LogP contribution in [-0.4, -0.2) is 45.1 Å². The number of ether oxygens (including phenoxy) is 5. The Labute approximate surface area is 185 Å². The van der Waals surface area contributed by atoms with Gasteiger partial charge in [-0.1, -0.05) is 24.3 Å². The number of carboxylic acids is 1. The Bertz CT molecular complexity index is 699. The van der Waals surface area contributed by atoms with Crippen LogP contribution in [-0.2, 0) is 9.53 Å². The molecule has 0 aromatic heterocycles. The molecule has 3 rings (SSSR count). The molecule has 1 aliphatic heterocycles. The number of fused-ring (bicyclic) bond motifs is 2. The van der Waals surface area contributed by atoms with Crippen LogP contribution < -0.4 is 53.6 Å². The Morgan fingerprint density at radius 3 is 1.71 bits per heavy atom. The maximum Gasteiger partial charge on any atom is 1.00 e. The van der Waals surface area contributed by atoms with Crippen molar-refractivity contribution >= 4 is 5.97 Å². The quantitative estimate of drug-likeness (QED) is 0.581. The van der Waals surface area contributed by atoms with E-state index in [0.717, 1.165) is 0 Å². The first-order chi connectivity index (χ1) is 13.2. The van der Waals surface area contributed by atoms with Gasteiger partial charge in [0, 0.05) is 6.42 Å². The predicted octanol–water partition coefficient (Wildman–Crippen LogP) is -1.56. The van der Waals surface area contributed by atoms with Gasteiger partial charge in [0.1, 0.15) is 19.3 Å². The van der Waals surface area contributed by atoms with Gasteiger partial charge >= 0.3 is 29.6 Å². The molecule has 0 radical (unpaired) electrons. The molecule has 1 heterocycles. The smallest absolute Gasteiger partial charge is 0.548 e. The molecular weight excluding hydrogens is 375 g/mol. The predicted molar refractivity (Wildman–Crippen MR) is 94.2 cm³/mol. The molecule has 0 amide bonds. The minimum Gasteiger partial charge on any atom is -0.548 e. The fourth-order valence-corrected chi connectivity index (χ4v) is 2.50. The second-order valence-electron chi connectivity index (χ2n) is 5.87. The molecule has 0 unspecified atom stereocenters. The van der Waals surface area contributed by atoms with E-state index in [2.05, 4.69) is 0 Å². The number of benzene rings is 2. The monoisotopic (exact) mass is 396 g/mol. The Morgan fingerprint density at radius 2 is 1.29 bits per heavy atom. The molecule has 0 aliphatic carbocycles. The van der Waals surface area contributed by atoms with E-state index in [1.165, 1.54) is 0 Å². The van der Waals surface area contributed by atoms with E-state index in [1.807, 2.05) is 36.4 Å². The molecule has 0 atom stereocenters. The van der Waals surface area contributed by atoms with Crippen LogP contribution in [0, 0.1) is 0 Å². The fraction of sp³-hybridized carbons (Fsp3) is 0.350. The van der Waals surface area contributed by atoms with Gasteiger partial charge in [-0.2, -0.15) is 0 Å². The molecule has 0 saturated heterocycles. The van der Waals surface area contributed by atoms with Crippen molar-refractivity contribution in [1.82, 2.24) is 0 Å². The Hall–Kier alpha value is -1.93. The number of carboxylic acid groups (broad SMARTS) is 1. The van der Waals surface area contributed by atoms with Crippen molar-refractivity contribution in [2.75, 3.05) is 33.0 Å². The minimum atomic E-state index is -1.30. The van der Waals surface area contributed by atoms with Crippen LogP contribution in [0.15, 0.2) is 48.5 Å². The summed E-state index contributed by atoms with van der Waals surface area (Å²) < 4.78 is 28.5. The van der Waals surface area contributed by atoms with E-state index < -0.39 is 18.7 Å². The normalized spacial score (nSPS) is 15.0. The second kappa shape index (κ2) is 11.8. The van der Waals surface area contributed by atoms with Gasteiger partial charge in [0.05, 0.1) is 25.8 Å². The molecule has 0 spiro atoms. The Morgan fingerprint density at radius 1 is 0.857 bits per heavy atom. The molecular formula is C20H21NaO7. The third-order valence-corrected chi connectivity index (χ3v) is 3.79. The summed E-state index contributed by atoms with van der Waals surface area (Å²) in [5.74, 6) is 1.02. The van der Waals surface area contributed by atoms with E-state index in [1.54, 1.807) is 12.1 Å². The van der Waals surface area contributed by atoms with Gasteiger partial charge in [-0.05, 0) is 24.3 Å². The van der Waals surface area contributed by atoms with Gasteiger partial charge in [0.25, 0.3) is 0 Å². The molecule has 0 fully saturated rings. The zero-order chi connectivity index (χ0) is 18.9. The first-order valence-corrected chi connectivity index (χ1v) is 8.73. The van der Waals surface area contributed by atoms with Crippen molar-refractivity contribution in [3.63, 3.8) is 0 Å². The number of carbonyl (C=O) groups is 1. The largest absolute Gasteiger partial charge is 1.00 e. The standard InChI is InChI=1S/C20H22O7.Na/c21-20(22)14-25-15-12-26-18-8-3-1-6-16(18)23-10-5-11-24-17-7-2-4-9-19(17)27-13-15;/h1-4,6-9,15H,5,10-14H2,(H,21,22);/q;+1/p-1. The molecule has 1 aliphatic rings. The summed E-state index contributed by atoms with van der Waals surface area (Å²) in [7, 11) is 0.